The second kappa shape index (κ2) is 5.22. The molecule has 1 N–H and O–H groups in total. The SMILES string of the molecule is Cc1nnc(NC(=O)[C@@H]2CN(C)C[C@H]2C(F)(F)F)n1C1CC1. The molecule has 0 unspecified atom stereocenters. The molecule has 2 aliphatic rings. The summed E-state index contributed by atoms with van der Waals surface area (Å²) in [5.74, 6) is -2.49. The van der Waals surface area contributed by atoms with E-state index < -0.39 is 23.9 Å². The first-order valence-electron chi connectivity index (χ1n) is 7.25. The van der Waals surface area contributed by atoms with Crippen LogP contribution in [0.2, 0.25) is 0 Å². The molecule has 2 heterocycles. The molecular formula is C13H18F3N5O. The molecule has 1 aliphatic heterocycles. The number of alkyl halides is 3. The number of hydrogen-bond acceptors (Lipinski definition) is 4. The molecule has 2 fully saturated rings. The summed E-state index contributed by atoms with van der Waals surface area (Å²) >= 11 is 0. The van der Waals surface area contributed by atoms with Crippen LogP contribution in [0.25, 0.3) is 0 Å². The second-order valence-corrected chi connectivity index (χ2v) is 6.14. The minimum atomic E-state index is -4.38. The van der Waals surface area contributed by atoms with E-state index in [0.29, 0.717) is 5.82 Å². The minimum Gasteiger partial charge on any atom is -0.305 e. The molecule has 2 atom stereocenters. The molecule has 0 radical (unpaired) electrons. The number of rotatable bonds is 3. The van der Waals surface area contributed by atoms with Crippen LogP contribution in [0.15, 0.2) is 0 Å². The molecule has 3 rings (SSSR count). The first-order chi connectivity index (χ1) is 10.3. The Balaban J connectivity index is 1.76. The highest BCUT2D eigenvalue weighted by molar-refractivity contribution is 5.91. The fourth-order valence-corrected chi connectivity index (χ4v) is 3.03. The number of halogens is 3. The van der Waals surface area contributed by atoms with Crippen LogP contribution in [0, 0.1) is 18.8 Å². The normalized spacial score (nSPS) is 26.4. The summed E-state index contributed by atoms with van der Waals surface area (Å²) in [5.41, 5.74) is 0. The predicted molar refractivity (Wildman–Crippen MR) is 72.2 cm³/mol. The van der Waals surface area contributed by atoms with Crippen molar-refractivity contribution in [1.29, 1.82) is 0 Å². The number of carbonyl (C=O) groups excluding carboxylic acids is 1. The van der Waals surface area contributed by atoms with Gasteiger partial charge in [0.15, 0.2) is 0 Å². The summed E-state index contributed by atoms with van der Waals surface area (Å²) in [6, 6.07) is 0.245. The molecule has 0 spiro atoms. The Labute approximate surface area is 125 Å². The van der Waals surface area contributed by atoms with Gasteiger partial charge in [-0.3, -0.25) is 14.7 Å². The molecule has 1 amide bonds. The minimum absolute atomic E-state index is 0.0898. The molecule has 9 heteroatoms. The standard InChI is InChI=1S/C13H18F3N5O/c1-7-18-19-12(21(7)8-3-4-8)17-11(22)9-5-20(2)6-10(9)13(14,15)16/h8-10H,3-6H2,1-2H3,(H,17,19,22)/t9-,10-/m1/s1. The van der Waals surface area contributed by atoms with E-state index in [0.717, 1.165) is 12.8 Å². The number of carbonyl (C=O) groups is 1. The van der Waals surface area contributed by atoms with Gasteiger partial charge in [-0.1, -0.05) is 0 Å². The number of hydrogen-bond donors (Lipinski definition) is 1. The second-order valence-electron chi connectivity index (χ2n) is 6.14. The fraction of sp³-hybridized carbons (Fsp3) is 0.769. The number of amides is 1. The van der Waals surface area contributed by atoms with Crippen molar-refractivity contribution in [3.8, 4) is 0 Å². The van der Waals surface area contributed by atoms with Crippen LogP contribution in [-0.4, -0.2) is 51.9 Å². The third-order valence-corrected chi connectivity index (χ3v) is 4.27. The lowest BCUT2D eigenvalue weighted by atomic mass is 9.95. The Bertz CT molecular complexity index is 581. The highest BCUT2D eigenvalue weighted by atomic mass is 19.4. The Hall–Kier alpha value is -1.64. The number of aromatic nitrogens is 3. The maximum atomic E-state index is 13.1. The fourth-order valence-electron chi connectivity index (χ4n) is 3.03. The first kappa shape index (κ1) is 15.3. The Kier molecular flexibility index (Phi) is 3.62. The van der Waals surface area contributed by atoms with E-state index in [1.807, 2.05) is 0 Å². The zero-order valence-electron chi connectivity index (χ0n) is 12.4. The molecule has 1 aromatic heterocycles. The molecule has 1 aromatic rings. The first-order valence-corrected chi connectivity index (χ1v) is 7.25. The third kappa shape index (κ3) is 2.81. The van der Waals surface area contributed by atoms with Crippen LogP contribution in [0.4, 0.5) is 19.1 Å². The summed E-state index contributed by atoms with van der Waals surface area (Å²) in [4.78, 5) is 13.8. The van der Waals surface area contributed by atoms with E-state index in [1.54, 1.807) is 18.5 Å². The van der Waals surface area contributed by atoms with Gasteiger partial charge in [-0.25, -0.2) is 0 Å². The van der Waals surface area contributed by atoms with Gasteiger partial charge in [0, 0.05) is 19.1 Å². The molecule has 0 bridgehead atoms. The van der Waals surface area contributed by atoms with Gasteiger partial charge < -0.3 is 4.90 Å². The van der Waals surface area contributed by atoms with Gasteiger partial charge in [0.05, 0.1) is 11.8 Å². The van der Waals surface area contributed by atoms with Crippen molar-refractivity contribution in [2.75, 3.05) is 25.5 Å². The summed E-state index contributed by atoms with van der Waals surface area (Å²) in [7, 11) is 1.59. The van der Waals surface area contributed by atoms with E-state index in [2.05, 4.69) is 15.5 Å². The Morgan fingerprint density at radius 2 is 1.95 bits per heavy atom. The highest BCUT2D eigenvalue weighted by Crippen LogP contribution is 2.39. The summed E-state index contributed by atoms with van der Waals surface area (Å²) in [5, 5.41) is 10.3. The highest BCUT2D eigenvalue weighted by Gasteiger charge is 2.51. The van der Waals surface area contributed by atoms with E-state index in [9.17, 15) is 18.0 Å². The molecule has 22 heavy (non-hydrogen) atoms. The maximum absolute atomic E-state index is 13.1. The number of nitrogens with zero attached hydrogens (tertiary/aromatic N) is 4. The average molecular weight is 317 g/mol. The van der Waals surface area contributed by atoms with Gasteiger partial charge in [0.1, 0.15) is 5.82 Å². The number of aryl methyl sites for hydroxylation is 1. The zero-order chi connectivity index (χ0) is 16.1. The lowest BCUT2D eigenvalue weighted by Crippen LogP contribution is -2.37. The van der Waals surface area contributed by atoms with Crippen LogP contribution in [0.5, 0.6) is 0 Å². The predicted octanol–water partition coefficient (Wildman–Crippen LogP) is 1.60. The van der Waals surface area contributed by atoms with Crippen LogP contribution in [-0.2, 0) is 4.79 Å². The molecule has 0 aromatic carbocycles. The van der Waals surface area contributed by atoms with Crippen molar-refractivity contribution in [3.63, 3.8) is 0 Å². The van der Waals surface area contributed by atoms with Crippen LogP contribution in [0.3, 0.4) is 0 Å². The van der Waals surface area contributed by atoms with Crippen LogP contribution in [0.1, 0.15) is 24.7 Å². The van der Waals surface area contributed by atoms with Gasteiger partial charge in [-0.2, -0.15) is 13.2 Å². The molecule has 6 nitrogen and oxygen atoms in total. The van der Waals surface area contributed by atoms with Crippen LogP contribution < -0.4 is 5.32 Å². The summed E-state index contributed by atoms with van der Waals surface area (Å²) in [6.45, 7) is 1.70. The topological polar surface area (TPSA) is 63.1 Å². The number of anilines is 1. The van der Waals surface area contributed by atoms with Gasteiger partial charge in [-0.15, -0.1) is 10.2 Å². The van der Waals surface area contributed by atoms with Crippen molar-refractivity contribution in [2.45, 2.75) is 32.0 Å². The quantitative estimate of drug-likeness (QED) is 0.920. The van der Waals surface area contributed by atoms with E-state index in [1.165, 1.54) is 4.90 Å². The van der Waals surface area contributed by atoms with Gasteiger partial charge in [-0.05, 0) is 26.8 Å². The van der Waals surface area contributed by atoms with Crippen molar-refractivity contribution >= 4 is 11.9 Å². The number of likely N-dealkylation sites (tertiary alicyclic amines) is 1. The summed E-state index contributed by atoms with van der Waals surface area (Å²) in [6.07, 6.45) is -2.44. The monoisotopic (exact) mass is 317 g/mol. The van der Waals surface area contributed by atoms with E-state index >= 15 is 0 Å². The Morgan fingerprint density at radius 1 is 1.27 bits per heavy atom. The van der Waals surface area contributed by atoms with Gasteiger partial charge in [0.25, 0.3) is 0 Å². The van der Waals surface area contributed by atoms with Crippen molar-refractivity contribution in [2.24, 2.45) is 11.8 Å². The molecule has 122 valence electrons. The number of nitrogens with one attached hydrogen (secondary N) is 1. The zero-order valence-corrected chi connectivity index (χ0v) is 12.4. The third-order valence-electron chi connectivity index (χ3n) is 4.27. The van der Waals surface area contributed by atoms with Gasteiger partial charge in [0.2, 0.25) is 11.9 Å². The Morgan fingerprint density at radius 3 is 2.55 bits per heavy atom. The largest absolute Gasteiger partial charge is 0.393 e. The molecule has 1 aliphatic carbocycles. The van der Waals surface area contributed by atoms with Crippen LogP contribution >= 0.6 is 0 Å². The van der Waals surface area contributed by atoms with Crippen molar-refractivity contribution in [3.05, 3.63) is 5.82 Å². The molecule has 1 saturated heterocycles. The smallest absolute Gasteiger partial charge is 0.305 e. The maximum Gasteiger partial charge on any atom is 0.393 e. The van der Waals surface area contributed by atoms with Crippen molar-refractivity contribution in [1.82, 2.24) is 19.7 Å². The summed E-state index contributed by atoms with van der Waals surface area (Å²) < 4.78 is 41.0. The average Bonchev–Trinajstić information content (AvgIpc) is 3.06. The molecular weight excluding hydrogens is 299 g/mol. The lowest BCUT2D eigenvalue weighted by molar-refractivity contribution is -0.182. The van der Waals surface area contributed by atoms with Crippen molar-refractivity contribution < 1.29 is 18.0 Å². The van der Waals surface area contributed by atoms with E-state index in [-0.39, 0.29) is 25.1 Å². The van der Waals surface area contributed by atoms with Gasteiger partial charge >= 0.3 is 6.18 Å². The lowest BCUT2D eigenvalue weighted by Gasteiger charge is -2.20. The van der Waals surface area contributed by atoms with E-state index in [4.69, 9.17) is 0 Å². The molecule has 1 saturated carbocycles.